The van der Waals surface area contributed by atoms with Crippen LogP contribution in [-0.2, 0) is 0 Å². The van der Waals surface area contributed by atoms with Crippen LogP contribution in [0.25, 0.3) is 33.3 Å². The highest BCUT2D eigenvalue weighted by Gasteiger charge is 2.19. The molecule has 7 nitrogen and oxygen atoms in total. The summed E-state index contributed by atoms with van der Waals surface area (Å²) in [4.78, 5) is 25.7. The van der Waals surface area contributed by atoms with Crippen molar-refractivity contribution in [2.75, 3.05) is 21.2 Å². The highest BCUT2D eigenvalue weighted by atomic mass is 16.5. The molecule has 0 aliphatic rings. The lowest BCUT2D eigenvalue weighted by Crippen LogP contribution is -2.21. The molecule has 3 heterocycles. The van der Waals surface area contributed by atoms with E-state index < -0.39 is 0 Å². The van der Waals surface area contributed by atoms with Gasteiger partial charge < -0.3 is 14.6 Å². The van der Waals surface area contributed by atoms with Gasteiger partial charge in [-0.3, -0.25) is 9.78 Å². The molecule has 0 radical (unpaired) electrons. The van der Waals surface area contributed by atoms with Gasteiger partial charge >= 0.3 is 0 Å². The molecule has 1 amide bonds. The Morgan fingerprint density at radius 1 is 1.13 bits per heavy atom. The fourth-order valence-corrected chi connectivity index (χ4v) is 3.47. The molecule has 0 atom stereocenters. The van der Waals surface area contributed by atoms with E-state index in [2.05, 4.69) is 21.0 Å². The van der Waals surface area contributed by atoms with Crippen molar-refractivity contribution < 1.29 is 9.53 Å². The van der Waals surface area contributed by atoms with Crippen LogP contribution in [-0.4, -0.2) is 47.0 Å². The molecule has 0 saturated heterocycles. The number of pyridine rings is 2. The molecular formula is C23H19N5O2. The van der Waals surface area contributed by atoms with Crippen molar-refractivity contribution in [2.45, 2.75) is 0 Å². The number of H-pyrrole nitrogens is 1. The first-order chi connectivity index (χ1) is 14.5. The first-order valence-electron chi connectivity index (χ1n) is 9.25. The van der Waals surface area contributed by atoms with E-state index in [4.69, 9.17) is 4.74 Å². The predicted molar refractivity (Wildman–Crippen MR) is 114 cm³/mol. The van der Waals surface area contributed by atoms with Crippen molar-refractivity contribution in [2.24, 2.45) is 0 Å². The number of carbonyl (C=O) groups excluding carboxylic acids is 1. The number of aromatic nitrogens is 3. The molecule has 4 aromatic rings. The third kappa shape index (κ3) is 3.14. The summed E-state index contributed by atoms with van der Waals surface area (Å²) in [6, 6.07) is 11.7. The summed E-state index contributed by atoms with van der Waals surface area (Å²) < 4.78 is 5.50. The zero-order chi connectivity index (χ0) is 21.3. The molecule has 3 aromatic heterocycles. The molecule has 0 saturated carbocycles. The zero-order valence-electron chi connectivity index (χ0n) is 16.8. The van der Waals surface area contributed by atoms with E-state index in [1.165, 1.54) is 11.1 Å². The van der Waals surface area contributed by atoms with Gasteiger partial charge in [0.15, 0.2) is 0 Å². The number of aromatic amines is 1. The van der Waals surface area contributed by atoms with E-state index in [1.807, 2.05) is 30.5 Å². The van der Waals surface area contributed by atoms with Crippen molar-refractivity contribution in [3.8, 4) is 34.1 Å². The summed E-state index contributed by atoms with van der Waals surface area (Å²) in [5.74, 6) is 0.543. The second-order valence-electron chi connectivity index (χ2n) is 6.95. The van der Waals surface area contributed by atoms with E-state index >= 15 is 0 Å². The number of para-hydroxylation sites is 1. The van der Waals surface area contributed by atoms with Gasteiger partial charge in [-0.25, -0.2) is 4.98 Å². The first kappa shape index (κ1) is 19.2. The third-order valence-electron chi connectivity index (χ3n) is 4.91. The van der Waals surface area contributed by atoms with Crippen molar-refractivity contribution >= 4 is 16.9 Å². The fraction of sp³-hybridized carbons (Fsp3) is 0.130. The van der Waals surface area contributed by atoms with E-state index in [1.54, 1.807) is 39.7 Å². The van der Waals surface area contributed by atoms with Crippen LogP contribution in [0.2, 0.25) is 0 Å². The molecule has 1 aromatic carbocycles. The minimum Gasteiger partial charge on any atom is -0.496 e. The Labute approximate surface area is 173 Å². The summed E-state index contributed by atoms with van der Waals surface area (Å²) in [7, 11) is 4.98. The predicted octanol–water partition coefficient (Wildman–Crippen LogP) is 3.87. The number of hydrogen-bond acceptors (Lipinski definition) is 5. The normalized spacial score (nSPS) is 10.6. The molecule has 0 aliphatic carbocycles. The van der Waals surface area contributed by atoms with Crippen LogP contribution in [0.1, 0.15) is 15.9 Å². The molecule has 148 valence electrons. The monoisotopic (exact) mass is 397 g/mol. The second-order valence-corrected chi connectivity index (χ2v) is 6.95. The van der Waals surface area contributed by atoms with Gasteiger partial charge in [-0.15, -0.1) is 0 Å². The van der Waals surface area contributed by atoms with E-state index in [0.29, 0.717) is 39.0 Å². The Morgan fingerprint density at radius 3 is 2.67 bits per heavy atom. The maximum absolute atomic E-state index is 12.3. The van der Waals surface area contributed by atoms with Crippen molar-refractivity contribution in [3.63, 3.8) is 0 Å². The maximum atomic E-state index is 12.3. The topological polar surface area (TPSA) is 94.9 Å². The summed E-state index contributed by atoms with van der Waals surface area (Å²) in [6.45, 7) is 0. The van der Waals surface area contributed by atoms with Crippen molar-refractivity contribution in [1.82, 2.24) is 19.9 Å². The number of methoxy groups -OCH3 is 1. The number of nitriles is 1. The van der Waals surface area contributed by atoms with Crippen LogP contribution < -0.4 is 4.74 Å². The number of amides is 1. The number of hydrogen-bond donors (Lipinski definition) is 1. The maximum Gasteiger partial charge on any atom is 0.254 e. The molecule has 0 aliphatic heterocycles. The average molecular weight is 397 g/mol. The molecule has 0 bridgehead atoms. The second kappa shape index (κ2) is 7.68. The Bertz CT molecular complexity index is 1300. The molecule has 7 heteroatoms. The first-order valence-corrected chi connectivity index (χ1v) is 9.25. The van der Waals surface area contributed by atoms with Crippen molar-refractivity contribution in [3.05, 3.63) is 66.2 Å². The van der Waals surface area contributed by atoms with Gasteiger partial charge in [0, 0.05) is 66.5 Å². The number of ether oxygens (including phenoxy) is 1. The SMILES string of the molecule is COc1ccccc1-c1c[nH]c2ncc(-c3cncc(C(=O)N(C)C)c3)c(C#N)c12. The van der Waals surface area contributed by atoms with Gasteiger partial charge in [0.2, 0.25) is 0 Å². The van der Waals surface area contributed by atoms with E-state index in [0.717, 1.165) is 11.1 Å². The number of rotatable bonds is 4. The summed E-state index contributed by atoms with van der Waals surface area (Å²) >= 11 is 0. The lowest BCUT2D eigenvalue weighted by Gasteiger charge is -2.12. The molecule has 0 spiro atoms. The lowest BCUT2D eigenvalue weighted by molar-refractivity contribution is 0.0827. The van der Waals surface area contributed by atoms with Crippen molar-refractivity contribution in [1.29, 1.82) is 5.26 Å². The number of carbonyl (C=O) groups is 1. The van der Waals surface area contributed by atoms with Crippen LogP contribution >= 0.6 is 0 Å². The zero-order valence-corrected chi connectivity index (χ0v) is 16.8. The van der Waals surface area contributed by atoms with Crippen LogP contribution in [0.4, 0.5) is 0 Å². The van der Waals surface area contributed by atoms with Crippen LogP contribution in [0, 0.1) is 11.3 Å². The largest absolute Gasteiger partial charge is 0.496 e. The Balaban J connectivity index is 1.95. The number of benzene rings is 1. The molecular weight excluding hydrogens is 378 g/mol. The van der Waals surface area contributed by atoms with Crippen LogP contribution in [0.15, 0.2) is 55.1 Å². The minimum absolute atomic E-state index is 0.159. The van der Waals surface area contributed by atoms with Gasteiger partial charge in [-0.1, -0.05) is 18.2 Å². The number of fused-ring (bicyclic) bond motifs is 1. The molecule has 30 heavy (non-hydrogen) atoms. The quantitative estimate of drug-likeness (QED) is 0.564. The highest BCUT2D eigenvalue weighted by molar-refractivity contribution is 6.02. The van der Waals surface area contributed by atoms with Gasteiger partial charge in [0.25, 0.3) is 5.91 Å². The van der Waals surface area contributed by atoms with Gasteiger partial charge in [-0.2, -0.15) is 5.26 Å². The molecule has 4 rings (SSSR count). The standard InChI is InChI=1S/C23H19N5O2/c1-28(2)23(29)15-8-14(10-25-11-15)18-12-26-22-21(17(18)9-24)19(13-27-22)16-6-4-5-7-20(16)30-3/h4-8,10-13H,1-3H3,(H,26,27). The van der Waals surface area contributed by atoms with E-state index in [-0.39, 0.29) is 5.91 Å². The fourth-order valence-electron chi connectivity index (χ4n) is 3.47. The lowest BCUT2D eigenvalue weighted by atomic mass is 9.96. The van der Waals surface area contributed by atoms with Crippen LogP contribution in [0.5, 0.6) is 5.75 Å². The van der Waals surface area contributed by atoms with Gasteiger partial charge in [0.05, 0.1) is 18.2 Å². The third-order valence-corrected chi connectivity index (χ3v) is 4.91. The molecule has 1 N–H and O–H groups in total. The highest BCUT2D eigenvalue weighted by Crippen LogP contribution is 2.38. The van der Waals surface area contributed by atoms with Gasteiger partial charge in [-0.05, 0) is 12.1 Å². The minimum atomic E-state index is -0.159. The Hall–Kier alpha value is -4.18. The summed E-state index contributed by atoms with van der Waals surface area (Å²) in [5, 5.41) is 10.7. The molecule has 0 unspecified atom stereocenters. The van der Waals surface area contributed by atoms with Crippen LogP contribution in [0.3, 0.4) is 0 Å². The Morgan fingerprint density at radius 2 is 1.93 bits per heavy atom. The summed E-state index contributed by atoms with van der Waals surface area (Å²) in [6.07, 6.45) is 6.60. The van der Waals surface area contributed by atoms with Gasteiger partial charge in [0.1, 0.15) is 17.5 Å². The summed E-state index contributed by atoms with van der Waals surface area (Å²) in [5.41, 5.74) is 4.45. The Kier molecular flexibility index (Phi) is 4.90. The average Bonchev–Trinajstić information content (AvgIpc) is 3.22. The number of nitrogens with zero attached hydrogens (tertiary/aromatic N) is 4. The smallest absolute Gasteiger partial charge is 0.254 e. The van der Waals surface area contributed by atoms with E-state index in [9.17, 15) is 10.1 Å². The number of nitrogens with one attached hydrogen (secondary N) is 1. The molecule has 0 fully saturated rings.